The van der Waals surface area contributed by atoms with Crippen LogP contribution in [0.1, 0.15) is 11.5 Å². The maximum Gasteiger partial charge on any atom is 0.247 e. The average Bonchev–Trinajstić information content (AvgIpc) is 2.51. The second-order valence-corrected chi connectivity index (χ2v) is 3.09. The minimum Gasteiger partial charge on any atom is -0.421 e. The molecule has 0 atom stereocenters. The van der Waals surface area contributed by atoms with Crippen LogP contribution in [0.3, 0.4) is 0 Å². The molecule has 0 saturated heterocycles. The van der Waals surface area contributed by atoms with E-state index in [4.69, 9.17) is 4.42 Å². The number of aromatic nitrogens is 2. The Balaban J connectivity index is 2.52. The van der Waals surface area contributed by atoms with Crippen LogP contribution in [0.15, 0.2) is 22.6 Å². The number of halogens is 1. The molecule has 0 fully saturated rings. The van der Waals surface area contributed by atoms with E-state index >= 15 is 0 Å². The Bertz CT molecular complexity index is 465. The summed E-state index contributed by atoms with van der Waals surface area (Å²) in [5.74, 6) is 0.672. The summed E-state index contributed by atoms with van der Waals surface area (Å²) in [5.41, 5.74) is 1.56. The molecule has 0 amide bonds. The predicted octanol–water partition coefficient (Wildman–Crippen LogP) is 2.49. The summed E-state index contributed by atoms with van der Waals surface area (Å²) in [6, 6.07) is 4.45. The molecular weight excluding hydrogens is 183 g/mol. The van der Waals surface area contributed by atoms with Crippen LogP contribution in [0.2, 0.25) is 0 Å². The lowest BCUT2D eigenvalue weighted by Crippen LogP contribution is -1.85. The summed E-state index contributed by atoms with van der Waals surface area (Å²) < 4.78 is 18.0. The average molecular weight is 192 g/mol. The van der Waals surface area contributed by atoms with Crippen LogP contribution in [-0.2, 0) is 0 Å². The van der Waals surface area contributed by atoms with Crippen molar-refractivity contribution in [3.63, 3.8) is 0 Å². The fourth-order valence-electron chi connectivity index (χ4n) is 1.27. The number of aryl methyl sites for hydroxylation is 2. The van der Waals surface area contributed by atoms with E-state index in [1.54, 1.807) is 19.9 Å². The van der Waals surface area contributed by atoms with Gasteiger partial charge in [0.25, 0.3) is 0 Å². The standard InChI is InChI=1S/C10H9FN2O/c1-6-5-8(11)3-4-9(6)10-13-12-7(2)14-10/h3-5H,1-2H3. The lowest BCUT2D eigenvalue weighted by molar-refractivity contribution is 0.532. The van der Waals surface area contributed by atoms with Gasteiger partial charge in [0.2, 0.25) is 11.8 Å². The normalized spacial score (nSPS) is 10.5. The first-order valence-electron chi connectivity index (χ1n) is 4.23. The molecule has 1 heterocycles. The Morgan fingerprint density at radius 1 is 1.21 bits per heavy atom. The molecule has 0 aliphatic rings. The lowest BCUT2D eigenvalue weighted by atomic mass is 10.1. The van der Waals surface area contributed by atoms with Gasteiger partial charge in [-0.15, -0.1) is 10.2 Å². The van der Waals surface area contributed by atoms with E-state index in [1.165, 1.54) is 12.1 Å². The molecule has 0 aliphatic heterocycles. The van der Waals surface area contributed by atoms with Crippen LogP contribution in [0.5, 0.6) is 0 Å². The molecule has 4 heteroatoms. The van der Waals surface area contributed by atoms with E-state index in [0.717, 1.165) is 11.1 Å². The van der Waals surface area contributed by atoms with E-state index in [-0.39, 0.29) is 5.82 Å². The molecule has 0 spiro atoms. The van der Waals surface area contributed by atoms with Gasteiger partial charge in [-0.1, -0.05) is 0 Å². The Morgan fingerprint density at radius 3 is 2.57 bits per heavy atom. The highest BCUT2D eigenvalue weighted by atomic mass is 19.1. The van der Waals surface area contributed by atoms with Gasteiger partial charge in [0.15, 0.2) is 0 Å². The van der Waals surface area contributed by atoms with Crippen molar-refractivity contribution in [3.05, 3.63) is 35.5 Å². The Morgan fingerprint density at radius 2 is 2.00 bits per heavy atom. The fraction of sp³-hybridized carbons (Fsp3) is 0.200. The number of benzene rings is 1. The smallest absolute Gasteiger partial charge is 0.247 e. The summed E-state index contributed by atoms with van der Waals surface area (Å²) in [4.78, 5) is 0. The minimum absolute atomic E-state index is 0.262. The van der Waals surface area contributed by atoms with Gasteiger partial charge < -0.3 is 4.42 Å². The Hall–Kier alpha value is -1.71. The van der Waals surface area contributed by atoms with Gasteiger partial charge in [0.05, 0.1) is 0 Å². The molecular formula is C10H9FN2O. The van der Waals surface area contributed by atoms with Gasteiger partial charge in [0.1, 0.15) is 5.82 Å². The summed E-state index contributed by atoms with van der Waals surface area (Å²) in [6.45, 7) is 3.52. The zero-order valence-electron chi connectivity index (χ0n) is 7.91. The lowest BCUT2D eigenvalue weighted by Gasteiger charge is -1.99. The van der Waals surface area contributed by atoms with Crippen LogP contribution in [0.25, 0.3) is 11.5 Å². The third-order valence-electron chi connectivity index (χ3n) is 1.94. The molecule has 0 saturated carbocycles. The van der Waals surface area contributed by atoms with Gasteiger partial charge in [-0.2, -0.15) is 0 Å². The van der Waals surface area contributed by atoms with Crippen LogP contribution in [0.4, 0.5) is 4.39 Å². The second-order valence-electron chi connectivity index (χ2n) is 3.09. The zero-order valence-corrected chi connectivity index (χ0v) is 7.91. The van der Waals surface area contributed by atoms with Crippen molar-refractivity contribution in [2.24, 2.45) is 0 Å². The van der Waals surface area contributed by atoms with Gasteiger partial charge in [-0.05, 0) is 30.7 Å². The Kier molecular flexibility index (Phi) is 2.04. The van der Waals surface area contributed by atoms with E-state index in [0.29, 0.717) is 11.8 Å². The van der Waals surface area contributed by atoms with Crippen molar-refractivity contribution in [2.75, 3.05) is 0 Å². The monoisotopic (exact) mass is 192 g/mol. The summed E-state index contributed by atoms with van der Waals surface area (Å²) in [5, 5.41) is 7.58. The summed E-state index contributed by atoms with van der Waals surface area (Å²) in [7, 11) is 0. The van der Waals surface area contributed by atoms with E-state index in [1.807, 2.05) is 0 Å². The highest BCUT2D eigenvalue weighted by Crippen LogP contribution is 2.22. The fourth-order valence-corrected chi connectivity index (χ4v) is 1.27. The molecule has 2 aromatic rings. The highest BCUT2D eigenvalue weighted by Gasteiger charge is 2.08. The molecule has 0 unspecified atom stereocenters. The topological polar surface area (TPSA) is 38.9 Å². The van der Waals surface area contributed by atoms with Gasteiger partial charge in [-0.25, -0.2) is 4.39 Å². The number of nitrogens with zero attached hydrogens (tertiary/aromatic N) is 2. The van der Waals surface area contributed by atoms with Crippen LogP contribution < -0.4 is 0 Å². The van der Waals surface area contributed by atoms with Gasteiger partial charge in [0, 0.05) is 12.5 Å². The molecule has 0 aliphatic carbocycles. The molecule has 1 aromatic carbocycles. The number of hydrogen-bond acceptors (Lipinski definition) is 3. The van der Waals surface area contributed by atoms with Gasteiger partial charge >= 0.3 is 0 Å². The third-order valence-corrected chi connectivity index (χ3v) is 1.94. The third kappa shape index (κ3) is 1.51. The molecule has 3 nitrogen and oxygen atoms in total. The van der Waals surface area contributed by atoms with Crippen molar-refractivity contribution in [3.8, 4) is 11.5 Å². The zero-order chi connectivity index (χ0) is 10.1. The molecule has 1 aromatic heterocycles. The van der Waals surface area contributed by atoms with Gasteiger partial charge in [-0.3, -0.25) is 0 Å². The first-order chi connectivity index (χ1) is 6.66. The van der Waals surface area contributed by atoms with Crippen LogP contribution >= 0.6 is 0 Å². The maximum absolute atomic E-state index is 12.8. The quantitative estimate of drug-likeness (QED) is 0.696. The molecule has 2 rings (SSSR count). The van der Waals surface area contributed by atoms with Crippen molar-refractivity contribution in [1.82, 2.24) is 10.2 Å². The largest absolute Gasteiger partial charge is 0.421 e. The number of hydrogen-bond donors (Lipinski definition) is 0. The van der Waals surface area contributed by atoms with Crippen molar-refractivity contribution in [2.45, 2.75) is 13.8 Å². The van der Waals surface area contributed by atoms with Crippen molar-refractivity contribution in [1.29, 1.82) is 0 Å². The van der Waals surface area contributed by atoms with Crippen molar-refractivity contribution >= 4 is 0 Å². The second kappa shape index (κ2) is 3.21. The Labute approximate surface area is 80.6 Å². The summed E-state index contributed by atoms with van der Waals surface area (Å²) in [6.07, 6.45) is 0. The van der Waals surface area contributed by atoms with E-state index < -0.39 is 0 Å². The van der Waals surface area contributed by atoms with E-state index in [2.05, 4.69) is 10.2 Å². The molecule has 0 N–H and O–H groups in total. The molecule has 72 valence electrons. The first kappa shape index (κ1) is 8.87. The molecule has 0 radical (unpaired) electrons. The first-order valence-corrected chi connectivity index (χ1v) is 4.23. The SMILES string of the molecule is Cc1nnc(-c2ccc(F)cc2C)o1. The maximum atomic E-state index is 12.8. The number of rotatable bonds is 1. The minimum atomic E-state index is -0.262. The van der Waals surface area contributed by atoms with E-state index in [9.17, 15) is 4.39 Å². The molecule has 14 heavy (non-hydrogen) atoms. The summed E-state index contributed by atoms with van der Waals surface area (Å²) >= 11 is 0. The van der Waals surface area contributed by atoms with Crippen LogP contribution in [-0.4, -0.2) is 10.2 Å². The molecule has 0 bridgehead atoms. The van der Waals surface area contributed by atoms with Crippen LogP contribution in [0, 0.1) is 19.7 Å². The predicted molar refractivity (Wildman–Crippen MR) is 49.2 cm³/mol. The van der Waals surface area contributed by atoms with Crippen molar-refractivity contribution < 1.29 is 8.81 Å². The highest BCUT2D eigenvalue weighted by molar-refractivity contribution is 5.57.